The van der Waals surface area contributed by atoms with Gasteiger partial charge in [0.15, 0.2) is 0 Å². The van der Waals surface area contributed by atoms with E-state index in [1.54, 1.807) is 30.3 Å². The van der Waals surface area contributed by atoms with Crippen molar-refractivity contribution in [2.75, 3.05) is 20.4 Å². The number of hydrazine groups is 1. The van der Waals surface area contributed by atoms with Crippen LogP contribution >= 0.6 is 0 Å². The van der Waals surface area contributed by atoms with E-state index in [0.717, 1.165) is 0 Å². The molecule has 1 rings (SSSR count). The molecule has 0 aliphatic carbocycles. The number of nitrogens with zero attached hydrogens (tertiary/aromatic N) is 3. The Labute approximate surface area is 133 Å². The maximum Gasteiger partial charge on any atom is 0.341 e. The van der Waals surface area contributed by atoms with Gasteiger partial charge >= 0.3 is 11.9 Å². The van der Waals surface area contributed by atoms with Crippen LogP contribution in [-0.4, -0.2) is 47.4 Å². The van der Waals surface area contributed by atoms with Gasteiger partial charge in [0.25, 0.3) is 6.79 Å². The zero-order valence-electron chi connectivity index (χ0n) is 12.8. The summed E-state index contributed by atoms with van der Waals surface area (Å²) in [7, 11) is 1.48. The third kappa shape index (κ3) is 7.65. The number of hydrogen-bond donors (Lipinski definition) is 1. The van der Waals surface area contributed by atoms with Gasteiger partial charge in [0.2, 0.25) is 5.28 Å². The van der Waals surface area contributed by atoms with Crippen LogP contribution in [0.3, 0.4) is 0 Å². The first-order valence-corrected chi connectivity index (χ1v) is 6.96. The quantitative estimate of drug-likeness (QED) is 0.174. The van der Waals surface area contributed by atoms with Crippen molar-refractivity contribution in [3.05, 3.63) is 41.1 Å². The lowest BCUT2D eigenvalue weighted by molar-refractivity contribution is -0.706. The Morgan fingerprint density at radius 2 is 2.00 bits per heavy atom. The number of carboxylic acids is 1. The number of carboxylic acid groups (broad SMARTS) is 1. The minimum absolute atomic E-state index is 0.0514. The van der Waals surface area contributed by atoms with E-state index in [1.807, 2.05) is 0 Å². The van der Waals surface area contributed by atoms with Crippen LogP contribution < -0.4 is 0 Å². The number of aliphatic carboxylic acids is 1. The van der Waals surface area contributed by atoms with Crippen molar-refractivity contribution in [2.24, 2.45) is 5.28 Å². The molecular weight excluding hydrogens is 306 g/mol. The molecule has 1 aromatic rings. The van der Waals surface area contributed by atoms with Crippen LogP contribution in [0.2, 0.25) is 0 Å². The van der Waals surface area contributed by atoms with Gasteiger partial charge in [0, 0.05) is 6.42 Å². The highest BCUT2D eigenvalue weighted by Crippen LogP contribution is 2.01. The van der Waals surface area contributed by atoms with E-state index in [-0.39, 0.29) is 11.4 Å². The Hall–Kier alpha value is -2.84. The molecule has 9 heteroatoms. The Bertz CT molecular complexity index is 535. The van der Waals surface area contributed by atoms with E-state index in [0.29, 0.717) is 24.9 Å². The number of hydrogen-bond acceptors (Lipinski definition) is 6. The SMILES string of the molecule is CN(CCCCC(=O)O)/[N+]([O-])=N\OCOC(=O)c1ccccc1. The molecule has 0 amide bonds. The second-order valence-electron chi connectivity index (χ2n) is 4.61. The summed E-state index contributed by atoms with van der Waals surface area (Å²) in [5.74, 6) is -1.46. The number of benzene rings is 1. The zero-order valence-corrected chi connectivity index (χ0v) is 12.8. The van der Waals surface area contributed by atoms with Crippen LogP contribution in [0.5, 0.6) is 0 Å². The first-order chi connectivity index (χ1) is 11.0. The molecule has 0 radical (unpaired) electrons. The summed E-state index contributed by atoms with van der Waals surface area (Å²) in [6.07, 6.45) is 1.04. The van der Waals surface area contributed by atoms with Gasteiger partial charge < -0.3 is 19.9 Å². The summed E-state index contributed by atoms with van der Waals surface area (Å²) >= 11 is 0. The Balaban J connectivity index is 2.22. The second-order valence-corrected chi connectivity index (χ2v) is 4.61. The number of unbranched alkanes of at least 4 members (excludes halogenated alkanes) is 1. The van der Waals surface area contributed by atoms with Crippen molar-refractivity contribution in [3.8, 4) is 0 Å². The lowest BCUT2D eigenvalue weighted by atomic mass is 10.2. The molecule has 0 saturated heterocycles. The summed E-state index contributed by atoms with van der Waals surface area (Å²) in [5.41, 5.74) is 0.366. The van der Waals surface area contributed by atoms with Gasteiger partial charge in [-0.05, 0) is 25.0 Å². The molecule has 0 heterocycles. The highest BCUT2D eigenvalue weighted by molar-refractivity contribution is 5.89. The van der Waals surface area contributed by atoms with Gasteiger partial charge in [0.05, 0.1) is 24.1 Å². The van der Waals surface area contributed by atoms with Crippen LogP contribution in [0.15, 0.2) is 35.6 Å². The van der Waals surface area contributed by atoms with E-state index >= 15 is 0 Å². The fourth-order valence-electron chi connectivity index (χ4n) is 1.58. The molecule has 0 fully saturated rings. The lowest BCUT2D eigenvalue weighted by Crippen LogP contribution is -2.27. The second kappa shape index (κ2) is 9.98. The van der Waals surface area contributed by atoms with Gasteiger partial charge in [-0.25, -0.2) is 4.79 Å². The molecule has 1 N–H and O–H groups in total. The zero-order chi connectivity index (χ0) is 17.1. The van der Waals surface area contributed by atoms with E-state index in [4.69, 9.17) is 9.84 Å². The van der Waals surface area contributed by atoms with Crippen LogP contribution in [0.25, 0.3) is 0 Å². The highest BCUT2D eigenvalue weighted by atomic mass is 16.8. The largest absolute Gasteiger partial charge is 0.569 e. The Morgan fingerprint density at radius 3 is 2.65 bits per heavy atom. The van der Waals surface area contributed by atoms with Crippen molar-refractivity contribution >= 4 is 11.9 Å². The Morgan fingerprint density at radius 1 is 1.30 bits per heavy atom. The molecule has 0 spiro atoms. The highest BCUT2D eigenvalue weighted by Gasteiger charge is 2.08. The summed E-state index contributed by atoms with van der Waals surface area (Å²) in [5, 5.41) is 24.4. The lowest BCUT2D eigenvalue weighted by Gasteiger charge is -2.12. The predicted molar refractivity (Wildman–Crippen MR) is 78.0 cm³/mol. The molecule has 23 heavy (non-hydrogen) atoms. The summed E-state index contributed by atoms with van der Waals surface area (Å²) in [4.78, 5) is 26.7. The maximum atomic E-state index is 11.6. The van der Waals surface area contributed by atoms with Gasteiger partial charge in [-0.1, -0.05) is 18.2 Å². The molecule has 9 nitrogen and oxygen atoms in total. The molecule has 126 valence electrons. The molecule has 0 aliphatic heterocycles. The van der Waals surface area contributed by atoms with Gasteiger partial charge in [0.1, 0.15) is 0 Å². The first-order valence-electron chi connectivity index (χ1n) is 6.96. The number of carbonyl (C=O) groups is 2. The topological polar surface area (TPSA) is 114 Å². The third-order valence-electron chi connectivity index (χ3n) is 2.79. The van der Waals surface area contributed by atoms with Crippen molar-refractivity contribution in [1.82, 2.24) is 5.01 Å². The van der Waals surface area contributed by atoms with E-state index in [2.05, 4.69) is 10.1 Å². The van der Waals surface area contributed by atoms with Crippen LogP contribution in [0.4, 0.5) is 0 Å². The number of carbonyl (C=O) groups excluding carboxylic acids is 1. The van der Waals surface area contributed by atoms with Crippen LogP contribution in [-0.2, 0) is 14.4 Å². The van der Waals surface area contributed by atoms with Crippen LogP contribution in [0, 0.1) is 5.21 Å². The molecule has 0 saturated carbocycles. The molecule has 0 atom stereocenters. The average Bonchev–Trinajstić information content (AvgIpc) is 2.55. The minimum atomic E-state index is -0.875. The third-order valence-corrected chi connectivity index (χ3v) is 2.79. The van der Waals surface area contributed by atoms with E-state index < -0.39 is 18.7 Å². The Kier molecular flexibility index (Phi) is 7.90. The fraction of sp³-hybridized carbons (Fsp3) is 0.429. The minimum Gasteiger partial charge on any atom is -0.569 e. The number of esters is 1. The molecule has 0 unspecified atom stereocenters. The van der Waals surface area contributed by atoms with Crippen molar-refractivity contribution < 1.29 is 29.2 Å². The monoisotopic (exact) mass is 325 g/mol. The maximum absolute atomic E-state index is 11.6. The summed E-state index contributed by atoms with van der Waals surface area (Å²) in [6.45, 7) is -0.160. The molecule has 1 aromatic carbocycles. The van der Waals surface area contributed by atoms with Crippen molar-refractivity contribution in [2.45, 2.75) is 19.3 Å². The molecule has 0 aliphatic rings. The average molecular weight is 325 g/mol. The van der Waals surface area contributed by atoms with Crippen LogP contribution in [0.1, 0.15) is 29.6 Å². The fourth-order valence-corrected chi connectivity index (χ4v) is 1.58. The van der Waals surface area contributed by atoms with Crippen molar-refractivity contribution in [3.63, 3.8) is 0 Å². The van der Waals surface area contributed by atoms with E-state index in [1.165, 1.54) is 12.1 Å². The number of rotatable bonds is 10. The van der Waals surface area contributed by atoms with Crippen molar-refractivity contribution in [1.29, 1.82) is 0 Å². The molecule has 0 aromatic heterocycles. The van der Waals surface area contributed by atoms with Gasteiger partial charge in [-0.15, -0.1) is 5.01 Å². The molecule has 0 bridgehead atoms. The van der Waals surface area contributed by atoms with Gasteiger partial charge in [-0.2, -0.15) is 0 Å². The predicted octanol–water partition coefficient (Wildman–Crippen LogP) is 1.80. The molecular formula is C14H19N3O6. The normalized spacial score (nSPS) is 10.9. The number of ether oxygens (including phenoxy) is 1. The first kappa shape index (κ1) is 18.2. The summed E-state index contributed by atoms with van der Waals surface area (Å²) < 4.78 is 4.78. The summed E-state index contributed by atoms with van der Waals surface area (Å²) in [6, 6.07) is 8.33. The standard InChI is InChI=1S/C14H19N3O6/c1-16(10-6-5-9-13(18)19)17(21)15-23-11-22-14(20)12-7-3-2-4-8-12/h2-4,7-8H,5-6,9-11H2,1H3,(H,18,19)/b17-15+. The van der Waals surface area contributed by atoms with E-state index in [9.17, 15) is 14.8 Å². The van der Waals surface area contributed by atoms with Gasteiger partial charge in [-0.3, -0.25) is 4.79 Å². The smallest absolute Gasteiger partial charge is 0.341 e.